The molecule has 2 heterocycles. The minimum Gasteiger partial charge on any atom is -0.468 e. The van der Waals surface area contributed by atoms with Crippen LogP contribution in [0.1, 0.15) is 30.4 Å². The monoisotopic (exact) mass is 409 g/mol. The van der Waals surface area contributed by atoms with Crippen molar-refractivity contribution in [1.82, 2.24) is 14.9 Å². The number of hydrogen-bond donors (Lipinski definition) is 2. The molecule has 7 nitrogen and oxygen atoms in total. The second-order valence-electron chi connectivity index (χ2n) is 7.94. The highest BCUT2D eigenvalue weighted by atomic mass is 32.2. The fourth-order valence-corrected chi connectivity index (χ4v) is 5.38. The molecule has 0 saturated carbocycles. The first-order chi connectivity index (χ1) is 13.4. The summed E-state index contributed by atoms with van der Waals surface area (Å²) in [5.41, 5.74) is 2.59. The minimum absolute atomic E-state index is 0.261. The molecule has 0 aliphatic carbocycles. The number of nitrogens with one attached hydrogen (secondary N) is 2. The summed E-state index contributed by atoms with van der Waals surface area (Å²) in [5.74, 6) is -0.0477. The molecule has 3 rings (SSSR count). The molecule has 0 amide bonds. The molecule has 1 aromatic carbocycles. The zero-order chi connectivity index (χ0) is 20.1. The highest BCUT2D eigenvalue weighted by molar-refractivity contribution is 7.90. The van der Waals surface area contributed by atoms with E-state index in [1.807, 2.05) is 0 Å². The van der Waals surface area contributed by atoms with Gasteiger partial charge < -0.3 is 10.1 Å². The zero-order valence-corrected chi connectivity index (χ0v) is 17.5. The number of rotatable bonds is 7. The van der Waals surface area contributed by atoms with E-state index in [4.69, 9.17) is 0 Å². The number of carbonyl (C=O) groups is 1. The van der Waals surface area contributed by atoms with Gasteiger partial charge in [0.1, 0.15) is 6.04 Å². The van der Waals surface area contributed by atoms with Gasteiger partial charge in [0.15, 0.2) is 0 Å². The van der Waals surface area contributed by atoms with Crippen LogP contribution in [0.15, 0.2) is 24.3 Å². The van der Waals surface area contributed by atoms with Crippen molar-refractivity contribution in [2.75, 3.05) is 33.3 Å². The predicted octanol–water partition coefficient (Wildman–Crippen LogP) is 1.03. The SMILES string of the molecule is COC(=O)C1CC(S(=O)(=O)NCC2CCN(Cc3ccc(C)cc3)CC2)CN1. The second-order valence-corrected chi connectivity index (χ2v) is 9.99. The average molecular weight is 410 g/mol. The maximum atomic E-state index is 12.6. The topological polar surface area (TPSA) is 87.7 Å². The van der Waals surface area contributed by atoms with E-state index >= 15 is 0 Å². The number of aryl methyl sites for hydroxylation is 1. The fraction of sp³-hybridized carbons (Fsp3) is 0.650. The van der Waals surface area contributed by atoms with Crippen LogP contribution in [0, 0.1) is 12.8 Å². The molecule has 2 N–H and O–H groups in total. The zero-order valence-electron chi connectivity index (χ0n) is 16.7. The summed E-state index contributed by atoms with van der Waals surface area (Å²) < 4.78 is 32.6. The summed E-state index contributed by atoms with van der Waals surface area (Å²) in [6.45, 7) is 5.75. The van der Waals surface area contributed by atoms with Crippen molar-refractivity contribution in [2.24, 2.45) is 5.92 Å². The molecule has 2 aliphatic rings. The van der Waals surface area contributed by atoms with Crippen LogP contribution in [-0.2, 0) is 26.1 Å². The van der Waals surface area contributed by atoms with Crippen molar-refractivity contribution in [2.45, 2.75) is 44.0 Å². The highest BCUT2D eigenvalue weighted by Gasteiger charge is 2.37. The highest BCUT2D eigenvalue weighted by Crippen LogP contribution is 2.20. The largest absolute Gasteiger partial charge is 0.468 e. The van der Waals surface area contributed by atoms with Crippen LogP contribution < -0.4 is 10.0 Å². The lowest BCUT2D eigenvalue weighted by Crippen LogP contribution is -2.41. The van der Waals surface area contributed by atoms with Crippen molar-refractivity contribution in [1.29, 1.82) is 0 Å². The molecule has 2 fully saturated rings. The molecule has 2 saturated heterocycles. The standard InChI is InChI=1S/C20H31N3O4S/c1-15-3-5-17(6-4-15)14-23-9-7-16(8-10-23)12-22-28(25,26)18-11-19(21-13-18)20(24)27-2/h3-6,16,18-19,21-22H,7-14H2,1-2H3. The molecular weight excluding hydrogens is 378 g/mol. The molecule has 2 atom stereocenters. The van der Waals surface area contributed by atoms with Gasteiger partial charge in [0, 0.05) is 19.6 Å². The Morgan fingerprint density at radius 1 is 1.25 bits per heavy atom. The molecule has 0 spiro atoms. The van der Waals surface area contributed by atoms with Crippen LogP contribution in [0.25, 0.3) is 0 Å². The maximum Gasteiger partial charge on any atom is 0.322 e. The normalized spacial score (nSPS) is 24.4. The number of hydrogen-bond acceptors (Lipinski definition) is 6. The number of nitrogens with zero attached hydrogens (tertiary/aromatic N) is 1. The van der Waals surface area contributed by atoms with Crippen LogP contribution in [0.5, 0.6) is 0 Å². The first-order valence-corrected chi connectivity index (χ1v) is 11.5. The molecule has 8 heteroatoms. The van der Waals surface area contributed by atoms with E-state index in [1.54, 1.807) is 0 Å². The Balaban J connectivity index is 1.41. The van der Waals surface area contributed by atoms with Gasteiger partial charge in [0.2, 0.25) is 10.0 Å². The Hall–Kier alpha value is -1.48. The Bertz CT molecular complexity index is 758. The third-order valence-electron chi connectivity index (χ3n) is 5.82. The molecule has 2 aliphatic heterocycles. The van der Waals surface area contributed by atoms with Gasteiger partial charge >= 0.3 is 5.97 Å². The minimum atomic E-state index is -3.43. The van der Waals surface area contributed by atoms with Crippen LogP contribution >= 0.6 is 0 Å². The van der Waals surface area contributed by atoms with Crippen LogP contribution in [0.4, 0.5) is 0 Å². The van der Waals surface area contributed by atoms with Crippen LogP contribution in [0.2, 0.25) is 0 Å². The number of piperidine rings is 1. The van der Waals surface area contributed by atoms with E-state index in [0.717, 1.165) is 32.5 Å². The number of benzene rings is 1. The number of carbonyl (C=O) groups excluding carboxylic acids is 1. The quantitative estimate of drug-likeness (QED) is 0.654. The Kier molecular flexibility index (Phi) is 7.09. The van der Waals surface area contributed by atoms with E-state index < -0.39 is 27.3 Å². The van der Waals surface area contributed by atoms with Crippen LogP contribution in [0.3, 0.4) is 0 Å². The molecule has 0 radical (unpaired) electrons. The third-order valence-corrected chi connectivity index (χ3v) is 7.63. The van der Waals surface area contributed by atoms with Gasteiger partial charge in [-0.05, 0) is 50.8 Å². The van der Waals surface area contributed by atoms with Gasteiger partial charge in [0.25, 0.3) is 0 Å². The summed E-state index contributed by atoms with van der Waals surface area (Å²) in [5, 5.41) is 2.35. The summed E-state index contributed by atoms with van der Waals surface area (Å²) in [7, 11) is -2.12. The number of methoxy groups -OCH3 is 1. The van der Waals surface area contributed by atoms with E-state index in [-0.39, 0.29) is 13.0 Å². The molecule has 1 aromatic rings. The summed E-state index contributed by atoms with van der Waals surface area (Å²) in [6, 6.07) is 8.09. The van der Waals surface area contributed by atoms with Crippen LogP contribution in [-0.4, -0.2) is 63.9 Å². The average Bonchev–Trinajstić information content (AvgIpc) is 3.20. The Morgan fingerprint density at radius 3 is 2.57 bits per heavy atom. The molecule has 156 valence electrons. The van der Waals surface area contributed by atoms with E-state index in [0.29, 0.717) is 12.5 Å². The first kappa shape index (κ1) is 21.2. The number of sulfonamides is 1. The lowest BCUT2D eigenvalue weighted by molar-refractivity contribution is -0.142. The summed E-state index contributed by atoms with van der Waals surface area (Å²) in [6.07, 6.45) is 2.24. The number of likely N-dealkylation sites (tertiary alicyclic amines) is 1. The van der Waals surface area contributed by atoms with Gasteiger partial charge in [-0.3, -0.25) is 9.69 Å². The van der Waals surface area contributed by atoms with Crippen molar-refractivity contribution < 1.29 is 17.9 Å². The summed E-state index contributed by atoms with van der Waals surface area (Å²) in [4.78, 5) is 14.0. The molecule has 0 bridgehead atoms. The summed E-state index contributed by atoms with van der Waals surface area (Å²) >= 11 is 0. The third kappa shape index (κ3) is 5.53. The molecule has 2 unspecified atom stereocenters. The lowest BCUT2D eigenvalue weighted by Gasteiger charge is -2.32. The van der Waals surface area contributed by atoms with Gasteiger partial charge in [-0.2, -0.15) is 0 Å². The molecule has 0 aromatic heterocycles. The van der Waals surface area contributed by atoms with Crippen molar-refractivity contribution in [3.05, 3.63) is 35.4 Å². The van der Waals surface area contributed by atoms with Crippen molar-refractivity contribution in [3.63, 3.8) is 0 Å². The first-order valence-electron chi connectivity index (χ1n) is 9.95. The number of ether oxygens (including phenoxy) is 1. The van der Waals surface area contributed by atoms with E-state index in [1.165, 1.54) is 18.2 Å². The van der Waals surface area contributed by atoms with Gasteiger partial charge in [-0.15, -0.1) is 0 Å². The Labute approximate surface area is 167 Å². The second kappa shape index (κ2) is 9.35. The lowest BCUT2D eigenvalue weighted by atomic mass is 9.97. The van der Waals surface area contributed by atoms with E-state index in [2.05, 4.69) is 50.9 Å². The molecular formula is C20H31N3O4S. The van der Waals surface area contributed by atoms with Gasteiger partial charge in [-0.1, -0.05) is 29.8 Å². The maximum absolute atomic E-state index is 12.6. The van der Waals surface area contributed by atoms with Crippen molar-refractivity contribution >= 4 is 16.0 Å². The van der Waals surface area contributed by atoms with E-state index in [9.17, 15) is 13.2 Å². The fourth-order valence-electron chi connectivity index (χ4n) is 3.91. The number of esters is 1. The van der Waals surface area contributed by atoms with Gasteiger partial charge in [-0.25, -0.2) is 13.1 Å². The Morgan fingerprint density at radius 2 is 1.93 bits per heavy atom. The predicted molar refractivity (Wildman–Crippen MR) is 108 cm³/mol. The van der Waals surface area contributed by atoms with Gasteiger partial charge in [0.05, 0.1) is 12.4 Å². The smallest absolute Gasteiger partial charge is 0.322 e. The molecule has 28 heavy (non-hydrogen) atoms. The van der Waals surface area contributed by atoms with Crippen molar-refractivity contribution in [3.8, 4) is 0 Å².